The Bertz CT molecular complexity index is 552. The Morgan fingerprint density at radius 3 is 2.33 bits per heavy atom. The molecule has 1 heterocycles. The number of carbonyl (C=O) groups excluding carboxylic acids is 4. The van der Waals surface area contributed by atoms with Crippen LogP contribution in [0.2, 0.25) is 0 Å². The number of amides is 4. The summed E-state index contributed by atoms with van der Waals surface area (Å²) in [6.07, 6.45) is 3.12. The van der Waals surface area contributed by atoms with Gasteiger partial charge in [-0.1, -0.05) is 13.8 Å². The molecule has 154 valence electrons. The van der Waals surface area contributed by atoms with Gasteiger partial charge in [-0.05, 0) is 44.6 Å². The Kier molecular flexibility index (Phi) is 9.20. The van der Waals surface area contributed by atoms with Crippen molar-refractivity contribution in [2.75, 3.05) is 13.1 Å². The Labute approximate surface area is 160 Å². The van der Waals surface area contributed by atoms with Crippen molar-refractivity contribution in [2.24, 2.45) is 17.4 Å². The topological polar surface area (TPSA) is 148 Å². The van der Waals surface area contributed by atoms with Gasteiger partial charge < -0.3 is 27.0 Å². The van der Waals surface area contributed by atoms with Crippen molar-refractivity contribution in [1.82, 2.24) is 15.5 Å². The van der Waals surface area contributed by atoms with E-state index in [9.17, 15) is 19.2 Å². The second kappa shape index (κ2) is 10.9. The van der Waals surface area contributed by atoms with Gasteiger partial charge in [-0.3, -0.25) is 19.2 Å². The van der Waals surface area contributed by atoms with Crippen LogP contribution >= 0.6 is 0 Å². The lowest BCUT2D eigenvalue weighted by Crippen LogP contribution is -2.56. The molecule has 0 spiro atoms. The minimum Gasteiger partial charge on any atom is -0.368 e. The fraction of sp³-hybridized carbons (Fsp3) is 0.778. The lowest BCUT2D eigenvalue weighted by atomic mass is 10.0. The Morgan fingerprint density at radius 1 is 1.15 bits per heavy atom. The van der Waals surface area contributed by atoms with Crippen molar-refractivity contribution in [1.29, 1.82) is 0 Å². The first kappa shape index (κ1) is 22.9. The number of hydrogen-bond acceptors (Lipinski definition) is 5. The predicted octanol–water partition coefficient (Wildman–Crippen LogP) is -0.763. The van der Waals surface area contributed by atoms with Gasteiger partial charge >= 0.3 is 0 Å². The van der Waals surface area contributed by atoms with Crippen molar-refractivity contribution in [2.45, 2.75) is 71.0 Å². The van der Waals surface area contributed by atoms with Gasteiger partial charge in [0.2, 0.25) is 23.6 Å². The van der Waals surface area contributed by atoms with Crippen LogP contribution in [0.15, 0.2) is 0 Å². The van der Waals surface area contributed by atoms with E-state index in [2.05, 4.69) is 10.6 Å². The van der Waals surface area contributed by atoms with Gasteiger partial charge in [0.1, 0.15) is 18.1 Å². The lowest BCUT2D eigenvalue weighted by Gasteiger charge is -2.30. The quantitative estimate of drug-likeness (QED) is 0.366. The summed E-state index contributed by atoms with van der Waals surface area (Å²) in [6, 6.07) is -2.13. The van der Waals surface area contributed by atoms with Crippen LogP contribution in [-0.2, 0) is 19.2 Å². The molecule has 0 aliphatic carbocycles. The molecule has 27 heavy (non-hydrogen) atoms. The third-order valence-electron chi connectivity index (χ3n) is 4.73. The molecule has 0 aromatic rings. The number of nitrogens with zero attached hydrogens (tertiary/aromatic N) is 1. The molecule has 9 nitrogen and oxygen atoms in total. The molecule has 6 N–H and O–H groups in total. The second-order valence-electron chi connectivity index (χ2n) is 7.36. The molecule has 1 rings (SSSR count). The Hall–Kier alpha value is -2.16. The first-order valence-electron chi connectivity index (χ1n) is 9.56. The summed E-state index contributed by atoms with van der Waals surface area (Å²) in [4.78, 5) is 50.1. The maximum Gasteiger partial charge on any atom is 0.245 e. The van der Waals surface area contributed by atoms with E-state index in [4.69, 9.17) is 11.5 Å². The zero-order chi connectivity index (χ0) is 20.6. The number of carbonyl (C=O) groups is 4. The maximum atomic E-state index is 13.0. The van der Waals surface area contributed by atoms with Gasteiger partial charge in [0.15, 0.2) is 0 Å². The van der Waals surface area contributed by atoms with E-state index in [1.165, 1.54) is 11.8 Å². The summed E-state index contributed by atoms with van der Waals surface area (Å²) in [5, 5.41) is 5.34. The molecule has 1 fully saturated rings. The van der Waals surface area contributed by atoms with Crippen molar-refractivity contribution in [3.05, 3.63) is 0 Å². The molecule has 3 unspecified atom stereocenters. The fourth-order valence-corrected chi connectivity index (χ4v) is 3.31. The van der Waals surface area contributed by atoms with Gasteiger partial charge in [0, 0.05) is 13.5 Å². The summed E-state index contributed by atoms with van der Waals surface area (Å²) in [5.74, 6) is -1.72. The van der Waals surface area contributed by atoms with Crippen molar-refractivity contribution < 1.29 is 19.2 Å². The monoisotopic (exact) mass is 383 g/mol. The zero-order valence-electron chi connectivity index (χ0n) is 16.5. The molecular formula is C18H33N5O4. The number of likely N-dealkylation sites (tertiary alicyclic amines) is 1. The van der Waals surface area contributed by atoms with Crippen molar-refractivity contribution in [3.8, 4) is 0 Å². The molecule has 0 aromatic heterocycles. The molecule has 1 aliphatic heterocycles. The molecule has 9 heteroatoms. The largest absolute Gasteiger partial charge is 0.368 e. The average molecular weight is 383 g/mol. The predicted molar refractivity (Wildman–Crippen MR) is 101 cm³/mol. The average Bonchev–Trinajstić information content (AvgIpc) is 3.06. The normalized spacial score (nSPS) is 18.9. The number of unbranched alkanes of at least 4 members (excludes halogenated alkanes) is 1. The van der Waals surface area contributed by atoms with Gasteiger partial charge in [-0.15, -0.1) is 0 Å². The summed E-state index contributed by atoms with van der Waals surface area (Å²) in [5.41, 5.74) is 10.9. The molecular weight excluding hydrogens is 350 g/mol. The van der Waals surface area contributed by atoms with Gasteiger partial charge in [-0.2, -0.15) is 0 Å². The number of hydrogen-bond donors (Lipinski definition) is 4. The van der Waals surface area contributed by atoms with E-state index >= 15 is 0 Å². The number of rotatable bonds is 10. The first-order chi connectivity index (χ1) is 12.7. The molecule has 4 amide bonds. The van der Waals surface area contributed by atoms with E-state index in [-0.39, 0.29) is 23.6 Å². The Morgan fingerprint density at radius 2 is 1.81 bits per heavy atom. The summed E-state index contributed by atoms with van der Waals surface area (Å²) >= 11 is 0. The summed E-state index contributed by atoms with van der Waals surface area (Å²) < 4.78 is 0. The summed E-state index contributed by atoms with van der Waals surface area (Å²) in [6.45, 7) is 5.89. The third-order valence-corrected chi connectivity index (χ3v) is 4.73. The highest BCUT2D eigenvalue weighted by atomic mass is 16.2. The van der Waals surface area contributed by atoms with Crippen LogP contribution in [0.5, 0.6) is 0 Å². The van der Waals surface area contributed by atoms with E-state index < -0.39 is 24.0 Å². The van der Waals surface area contributed by atoms with E-state index in [0.717, 1.165) is 6.42 Å². The molecule has 1 aliphatic rings. The van der Waals surface area contributed by atoms with Crippen molar-refractivity contribution in [3.63, 3.8) is 0 Å². The highest BCUT2D eigenvalue weighted by Gasteiger charge is 2.38. The lowest BCUT2D eigenvalue weighted by molar-refractivity contribution is -0.142. The molecule has 0 bridgehead atoms. The number of nitrogens with one attached hydrogen (secondary N) is 2. The highest BCUT2D eigenvalue weighted by molar-refractivity contribution is 5.94. The zero-order valence-corrected chi connectivity index (χ0v) is 16.5. The summed E-state index contributed by atoms with van der Waals surface area (Å²) in [7, 11) is 0. The van der Waals surface area contributed by atoms with Crippen LogP contribution in [0.4, 0.5) is 0 Å². The molecule has 1 saturated heterocycles. The number of primary amides is 1. The number of nitrogens with two attached hydrogens (primary N) is 2. The smallest absolute Gasteiger partial charge is 0.245 e. The van der Waals surface area contributed by atoms with E-state index in [0.29, 0.717) is 38.8 Å². The van der Waals surface area contributed by atoms with Crippen LogP contribution in [0.1, 0.15) is 52.9 Å². The fourth-order valence-electron chi connectivity index (χ4n) is 3.31. The van der Waals surface area contributed by atoms with Crippen LogP contribution in [0.3, 0.4) is 0 Å². The minimum atomic E-state index is -0.786. The van der Waals surface area contributed by atoms with Gasteiger partial charge in [0.05, 0.1) is 0 Å². The second-order valence-corrected chi connectivity index (χ2v) is 7.36. The van der Waals surface area contributed by atoms with E-state index in [1.54, 1.807) is 13.8 Å². The Balaban J connectivity index is 2.85. The SMILES string of the molecule is CC(=O)NC(CCCCN)C(=O)N1CCCC1C(=O)NC(C(N)=O)C(C)C. The van der Waals surface area contributed by atoms with Crippen LogP contribution in [0, 0.1) is 5.92 Å². The maximum absolute atomic E-state index is 13.0. The standard InChI is InChI=1S/C18H33N5O4/c1-11(2)15(16(20)25)22-17(26)14-8-6-10-23(14)18(27)13(21-12(3)24)7-4-5-9-19/h11,13-15H,4-10,19H2,1-3H3,(H2,20,25)(H,21,24)(H,22,26). The third kappa shape index (κ3) is 6.82. The molecule has 3 atom stereocenters. The molecule has 0 radical (unpaired) electrons. The highest BCUT2D eigenvalue weighted by Crippen LogP contribution is 2.20. The molecule has 0 saturated carbocycles. The van der Waals surface area contributed by atoms with Crippen LogP contribution in [0.25, 0.3) is 0 Å². The van der Waals surface area contributed by atoms with E-state index in [1.807, 2.05) is 0 Å². The van der Waals surface area contributed by atoms with Crippen LogP contribution < -0.4 is 22.1 Å². The molecule has 0 aromatic carbocycles. The van der Waals surface area contributed by atoms with Crippen molar-refractivity contribution >= 4 is 23.6 Å². The first-order valence-corrected chi connectivity index (χ1v) is 9.56. The van der Waals surface area contributed by atoms with Gasteiger partial charge in [0.25, 0.3) is 0 Å². The van der Waals surface area contributed by atoms with Gasteiger partial charge in [-0.25, -0.2) is 0 Å². The minimum absolute atomic E-state index is 0.152. The van der Waals surface area contributed by atoms with Crippen LogP contribution in [-0.4, -0.2) is 59.7 Å².